The highest BCUT2D eigenvalue weighted by atomic mass is 16.1. The van der Waals surface area contributed by atoms with Gasteiger partial charge in [0.05, 0.1) is 0 Å². The van der Waals surface area contributed by atoms with Crippen LogP contribution < -0.4 is 0 Å². The normalized spacial score (nSPS) is 45.4. The lowest BCUT2D eigenvalue weighted by Crippen LogP contribution is -2.14. The highest BCUT2D eigenvalue weighted by Gasteiger charge is 2.40. The molecule has 4 aliphatic carbocycles. The lowest BCUT2D eigenvalue weighted by molar-refractivity contribution is -0.119. The summed E-state index contributed by atoms with van der Waals surface area (Å²) < 4.78 is 0. The van der Waals surface area contributed by atoms with Gasteiger partial charge in [0.15, 0.2) is 0 Å². The quantitative estimate of drug-likeness (QED) is 0.667. The Labute approximate surface area is 123 Å². The summed E-state index contributed by atoms with van der Waals surface area (Å²) in [5.74, 6) is 6.48. The molecule has 0 aliphatic heterocycles. The first-order valence-electron chi connectivity index (χ1n) is 9.29. The maximum atomic E-state index is 12.2. The molecule has 4 saturated carbocycles. The molecule has 4 bridgehead atoms. The van der Waals surface area contributed by atoms with Crippen molar-refractivity contribution in [2.75, 3.05) is 0 Å². The zero-order valence-corrected chi connectivity index (χ0v) is 12.9. The van der Waals surface area contributed by atoms with Crippen LogP contribution in [0.25, 0.3) is 0 Å². The summed E-state index contributed by atoms with van der Waals surface area (Å²) in [7, 11) is 0. The fraction of sp³-hybridized carbons (Fsp3) is 0.947. The molecule has 0 heterocycles. The van der Waals surface area contributed by atoms with Crippen molar-refractivity contribution in [3.05, 3.63) is 0 Å². The SMILES string of the molecule is O=C(CC[C@H]1C[C@H]2CC[C@H]1C2)CC[C@H]1C[C@H]2CC[C@H]1C2. The largest absolute Gasteiger partial charge is 0.300 e. The number of carbonyl (C=O) groups excluding carboxylic acids is 1. The van der Waals surface area contributed by atoms with Crippen molar-refractivity contribution in [1.29, 1.82) is 0 Å². The zero-order chi connectivity index (χ0) is 13.5. The minimum Gasteiger partial charge on any atom is -0.300 e. The van der Waals surface area contributed by atoms with Crippen LogP contribution >= 0.6 is 0 Å². The van der Waals surface area contributed by atoms with Gasteiger partial charge in [-0.25, -0.2) is 0 Å². The highest BCUT2D eigenvalue weighted by molar-refractivity contribution is 5.78. The molecule has 0 saturated heterocycles. The maximum Gasteiger partial charge on any atom is 0.132 e. The maximum absolute atomic E-state index is 12.2. The van der Waals surface area contributed by atoms with Crippen LogP contribution in [0.15, 0.2) is 0 Å². The van der Waals surface area contributed by atoms with Crippen molar-refractivity contribution in [1.82, 2.24) is 0 Å². The average molecular weight is 274 g/mol. The van der Waals surface area contributed by atoms with E-state index in [1.165, 1.54) is 64.2 Å². The van der Waals surface area contributed by atoms with E-state index in [2.05, 4.69) is 0 Å². The van der Waals surface area contributed by atoms with Gasteiger partial charge in [-0.05, 0) is 86.9 Å². The Morgan fingerprint density at radius 3 is 1.55 bits per heavy atom. The highest BCUT2D eigenvalue weighted by Crippen LogP contribution is 2.51. The molecule has 4 fully saturated rings. The van der Waals surface area contributed by atoms with Crippen LogP contribution in [0.2, 0.25) is 0 Å². The summed E-state index contributed by atoms with van der Waals surface area (Å²) in [6.07, 6.45) is 16.0. The second-order valence-corrected chi connectivity index (χ2v) is 8.49. The fourth-order valence-corrected chi connectivity index (χ4v) is 6.28. The van der Waals surface area contributed by atoms with Crippen molar-refractivity contribution in [2.45, 2.75) is 77.0 Å². The van der Waals surface area contributed by atoms with E-state index in [1.807, 2.05) is 0 Å². The van der Waals surface area contributed by atoms with E-state index in [4.69, 9.17) is 0 Å². The van der Waals surface area contributed by atoms with Gasteiger partial charge in [0.1, 0.15) is 5.78 Å². The smallest absolute Gasteiger partial charge is 0.132 e. The van der Waals surface area contributed by atoms with E-state index in [-0.39, 0.29) is 0 Å². The number of ketones is 1. The minimum absolute atomic E-state index is 0.579. The first kappa shape index (κ1) is 13.3. The van der Waals surface area contributed by atoms with Gasteiger partial charge in [-0.3, -0.25) is 4.79 Å². The molecule has 0 aromatic heterocycles. The summed E-state index contributed by atoms with van der Waals surface area (Å²) in [4.78, 5) is 12.2. The number of hydrogen-bond acceptors (Lipinski definition) is 1. The van der Waals surface area contributed by atoms with E-state index in [0.29, 0.717) is 5.78 Å². The van der Waals surface area contributed by atoms with Gasteiger partial charge >= 0.3 is 0 Å². The van der Waals surface area contributed by atoms with Gasteiger partial charge in [-0.2, -0.15) is 0 Å². The number of hydrogen-bond donors (Lipinski definition) is 0. The van der Waals surface area contributed by atoms with Gasteiger partial charge in [-0.15, -0.1) is 0 Å². The first-order valence-corrected chi connectivity index (χ1v) is 9.29. The minimum atomic E-state index is 0.579. The van der Waals surface area contributed by atoms with Crippen LogP contribution in [0.4, 0.5) is 0 Å². The van der Waals surface area contributed by atoms with Crippen LogP contribution in [0.1, 0.15) is 77.0 Å². The Hall–Kier alpha value is -0.330. The Morgan fingerprint density at radius 2 is 1.20 bits per heavy atom. The number of fused-ring (bicyclic) bond motifs is 4. The second-order valence-electron chi connectivity index (χ2n) is 8.49. The molecule has 4 rings (SSSR count). The molecule has 0 amide bonds. The summed E-state index contributed by atoms with van der Waals surface area (Å²) in [5, 5.41) is 0. The van der Waals surface area contributed by atoms with Crippen LogP contribution in [-0.2, 0) is 4.79 Å². The van der Waals surface area contributed by atoms with Gasteiger partial charge in [-0.1, -0.05) is 12.8 Å². The summed E-state index contributed by atoms with van der Waals surface area (Å²) >= 11 is 0. The Kier molecular flexibility index (Phi) is 3.64. The van der Waals surface area contributed by atoms with Crippen molar-refractivity contribution < 1.29 is 4.79 Å². The van der Waals surface area contributed by atoms with Gasteiger partial charge < -0.3 is 0 Å². The van der Waals surface area contributed by atoms with Gasteiger partial charge in [0.25, 0.3) is 0 Å². The topological polar surface area (TPSA) is 17.1 Å². The third-order valence-corrected chi connectivity index (χ3v) is 7.36. The first-order chi connectivity index (χ1) is 9.78. The average Bonchev–Trinajstić information content (AvgIpc) is 3.21. The molecule has 0 unspecified atom stereocenters. The zero-order valence-electron chi connectivity index (χ0n) is 12.9. The predicted molar refractivity (Wildman–Crippen MR) is 81.4 cm³/mol. The van der Waals surface area contributed by atoms with E-state index >= 15 is 0 Å². The molecule has 112 valence electrons. The molecule has 6 atom stereocenters. The summed E-state index contributed by atoms with van der Waals surface area (Å²) in [6.45, 7) is 0. The Balaban J connectivity index is 1.16. The van der Waals surface area contributed by atoms with Crippen LogP contribution in [0.3, 0.4) is 0 Å². The third kappa shape index (κ3) is 2.57. The molecular formula is C19H30O. The van der Waals surface area contributed by atoms with Gasteiger partial charge in [0.2, 0.25) is 0 Å². The monoisotopic (exact) mass is 274 g/mol. The standard InChI is InChI=1S/C19H30O/c20-19(7-5-17-11-13-1-3-15(17)9-13)8-6-18-12-14-2-4-16(18)10-14/h13-18H,1-12H2/t13-,14-,15-,16-,17-,18-/m0/s1. The lowest BCUT2D eigenvalue weighted by Gasteiger charge is -2.22. The predicted octanol–water partition coefficient (Wildman–Crippen LogP) is 4.99. The van der Waals surface area contributed by atoms with Crippen molar-refractivity contribution in [2.24, 2.45) is 35.5 Å². The number of carbonyl (C=O) groups is 1. The number of Topliss-reactive ketones (excluding diaryl/α,β-unsaturated/α-hetero) is 1. The van der Waals surface area contributed by atoms with Crippen molar-refractivity contribution in [3.63, 3.8) is 0 Å². The second kappa shape index (κ2) is 5.46. The molecule has 0 radical (unpaired) electrons. The van der Waals surface area contributed by atoms with E-state index in [9.17, 15) is 4.79 Å². The molecular weight excluding hydrogens is 244 g/mol. The lowest BCUT2D eigenvalue weighted by atomic mass is 9.83. The third-order valence-electron chi connectivity index (χ3n) is 7.36. The molecule has 1 heteroatoms. The van der Waals surface area contributed by atoms with E-state index in [1.54, 1.807) is 0 Å². The molecule has 4 aliphatic rings. The number of rotatable bonds is 6. The van der Waals surface area contributed by atoms with E-state index < -0.39 is 0 Å². The summed E-state index contributed by atoms with van der Waals surface area (Å²) in [6, 6.07) is 0. The van der Waals surface area contributed by atoms with Crippen molar-refractivity contribution >= 4 is 5.78 Å². The molecule has 0 aromatic rings. The van der Waals surface area contributed by atoms with E-state index in [0.717, 1.165) is 48.3 Å². The molecule has 0 spiro atoms. The van der Waals surface area contributed by atoms with Crippen LogP contribution in [-0.4, -0.2) is 5.78 Å². The molecule has 20 heavy (non-hydrogen) atoms. The Morgan fingerprint density at radius 1 is 0.700 bits per heavy atom. The van der Waals surface area contributed by atoms with Gasteiger partial charge in [0, 0.05) is 12.8 Å². The summed E-state index contributed by atoms with van der Waals surface area (Å²) in [5.41, 5.74) is 0. The van der Waals surface area contributed by atoms with Crippen LogP contribution in [0.5, 0.6) is 0 Å². The van der Waals surface area contributed by atoms with Crippen LogP contribution in [0, 0.1) is 35.5 Å². The molecule has 0 N–H and O–H groups in total. The molecule has 0 aromatic carbocycles. The Bertz CT molecular complexity index is 340. The molecule has 1 nitrogen and oxygen atoms in total. The van der Waals surface area contributed by atoms with Crippen molar-refractivity contribution in [3.8, 4) is 0 Å². The fourth-order valence-electron chi connectivity index (χ4n) is 6.28.